The van der Waals surface area contributed by atoms with Crippen LogP contribution in [0.1, 0.15) is 121 Å². The summed E-state index contributed by atoms with van der Waals surface area (Å²) in [5, 5.41) is 17.2. The monoisotopic (exact) mass is 668 g/mol. The largest absolute Gasteiger partial charge is 0.388 e. The standard InChI is InChI=1S/C21H19NO3.C20H17NO4/c1-10-11(2)25-17-9-16(10)22-19-14(17)7-8-15-18(19)21(24)13-6-4-3-5-12(13)20(15)23;1-9-18(22)14-8-15(25-9)12-6-7-13-16(17(12)21-14)20(24)11-5-3-2-4-10(11)19(13)23/h3-8,10-11,16-17,22H,9H2,1-2H3;2-7,9,14-15,18,21-22H,8H2,1H3. The van der Waals surface area contributed by atoms with Gasteiger partial charge in [0.25, 0.3) is 0 Å². The molecular formula is C41H36N2O7. The van der Waals surface area contributed by atoms with Crippen molar-refractivity contribution in [3.05, 3.63) is 128 Å². The lowest BCUT2D eigenvalue weighted by atomic mass is 9.77. The van der Waals surface area contributed by atoms with Crippen LogP contribution >= 0.6 is 0 Å². The molecule has 4 aromatic rings. The minimum atomic E-state index is -0.651. The highest BCUT2D eigenvalue weighted by molar-refractivity contribution is 6.31. The highest BCUT2D eigenvalue weighted by Gasteiger charge is 2.45. The molecule has 4 bridgehead atoms. The van der Waals surface area contributed by atoms with Crippen molar-refractivity contribution in [3.63, 3.8) is 0 Å². The summed E-state index contributed by atoms with van der Waals surface area (Å²) in [6.07, 6.45) is 0.591. The molecule has 252 valence electrons. The minimum absolute atomic E-state index is 0.0159. The molecule has 6 aliphatic rings. The zero-order chi connectivity index (χ0) is 34.6. The van der Waals surface area contributed by atoms with Gasteiger partial charge in [-0.3, -0.25) is 19.2 Å². The Labute approximate surface area is 289 Å². The van der Waals surface area contributed by atoms with Crippen molar-refractivity contribution >= 4 is 34.5 Å². The number of hydrogen-bond acceptors (Lipinski definition) is 9. The molecule has 4 heterocycles. The number of aliphatic hydroxyl groups excluding tert-OH is 1. The number of fused-ring (bicyclic) bond motifs is 14. The maximum absolute atomic E-state index is 13.2. The van der Waals surface area contributed by atoms with Gasteiger partial charge in [-0.15, -0.1) is 0 Å². The SMILES string of the molecule is CC1OC2CC(Nc3c2ccc2c3C(=O)c3ccccc3C2=O)C1C.CC1OC2CC(Nc3c2ccc2c3C(=O)c3ccccc3C2=O)C1O. The third kappa shape index (κ3) is 4.43. The van der Waals surface area contributed by atoms with Gasteiger partial charge in [0.15, 0.2) is 23.1 Å². The molecule has 8 unspecified atom stereocenters. The Morgan fingerprint density at radius 1 is 0.540 bits per heavy atom. The topological polar surface area (TPSA) is 131 Å². The van der Waals surface area contributed by atoms with E-state index in [1.54, 1.807) is 60.7 Å². The average molecular weight is 669 g/mol. The number of carbonyl (C=O) groups is 4. The summed E-state index contributed by atoms with van der Waals surface area (Å²) in [4.78, 5) is 52.0. The van der Waals surface area contributed by atoms with Crippen molar-refractivity contribution in [2.24, 2.45) is 5.92 Å². The fraction of sp³-hybridized carbons (Fsp3) is 0.317. The molecule has 0 radical (unpaired) electrons. The quantitative estimate of drug-likeness (QED) is 0.173. The molecule has 2 saturated heterocycles. The Kier molecular flexibility index (Phi) is 7.01. The van der Waals surface area contributed by atoms with Crippen LogP contribution in [-0.4, -0.2) is 58.6 Å². The number of carbonyl (C=O) groups excluding carboxylic acids is 4. The number of ether oxygens (including phenoxy) is 2. The summed E-state index contributed by atoms with van der Waals surface area (Å²) in [5.41, 5.74) is 7.01. The van der Waals surface area contributed by atoms with E-state index >= 15 is 0 Å². The first-order valence-electron chi connectivity index (χ1n) is 17.3. The van der Waals surface area contributed by atoms with Gasteiger partial charge < -0.3 is 25.2 Å². The van der Waals surface area contributed by atoms with E-state index in [1.807, 2.05) is 19.1 Å². The molecule has 3 N–H and O–H groups in total. The zero-order valence-corrected chi connectivity index (χ0v) is 27.9. The first kappa shape index (κ1) is 31.1. The van der Waals surface area contributed by atoms with Gasteiger partial charge in [0.2, 0.25) is 0 Å². The summed E-state index contributed by atoms with van der Waals surface area (Å²) in [5.74, 6) is -0.0949. The van der Waals surface area contributed by atoms with Crippen molar-refractivity contribution in [2.45, 2.75) is 76.2 Å². The van der Waals surface area contributed by atoms with Gasteiger partial charge in [-0.05, 0) is 32.4 Å². The summed E-state index contributed by atoms with van der Waals surface area (Å²) >= 11 is 0. The van der Waals surface area contributed by atoms with Gasteiger partial charge in [0.05, 0.1) is 53.0 Å². The number of hydrogen-bond donors (Lipinski definition) is 3. The molecule has 0 aromatic heterocycles. The molecule has 8 atom stereocenters. The second kappa shape index (κ2) is 11.3. The summed E-state index contributed by atoms with van der Waals surface area (Å²) in [6.45, 7) is 6.11. The first-order chi connectivity index (χ1) is 24.1. The number of ketones is 4. The van der Waals surface area contributed by atoms with E-state index in [0.29, 0.717) is 62.5 Å². The van der Waals surface area contributed by atoms with Crippen LogP contribution in [0.2, 0.25) is 0 Å². The lowest BCUT2D eigenvalue weighted by Gasteiger charge is -2.45. The Hall–Kier alpha value is -4.96. The molecule has 2 aliphatic carbocycles. The highest BCUT2D eigenvalue weighted by Crippen LogP contribution is 2.48. The predicted molar refractivity (Wildman–Crippen MR) is 185 cm³/mol. The number of rotatable bonds is 0. The van der Waals surface area contributed by atoms with Crippen molar-refractivity contribution in [1.82, 2.24) is 0 Å². The van der Waals surface area contributed by atoms with Crippen LogP contribution < -0.4 is 10.6 Å². The number of anilines is 2. The molecule has 2 fully saturated rings. The molecule has 9 heteroatoms. The van der Waals surface area contributed by atoms with E-state index < -0.39 is 6.10 Å². The van der Waals surface area contributed by atoms with E-state index in [0.717, 1.165) is 23.2 Å². The van der Waals surface area contributed by atoms with E-state index in [2.05, 4.69) is 24.5 Å². The molecule has 4 aromatic carbocycles. The fourth-order valence-electron chi connectivity index (χ4n) is 8.66. The Balaban J connectivity index is 0.000000135. The molecule has 0 saturated carbocycles. The van der Waals surface area contributed by atoms with E-state index in [-0.39, 0.29) is 59.6 Å². The maximum Gasteiger partial charge on any atom is 0.196 e. The van der Waals surface area contributed by atoms with Gasteiger partial charge in [0.1, 0.15) is 6.10 Å². The van der Waals surface area contributed by atoms with Gasteiger partial charge >= 0.3 is 0 Å². The van der Waals surface area contributed by atoms with Crippen molar-refractivity contribution in [1.29, 1.82) is 0 Å². The molecular weight excluding hydrogens is 632 g/mol. The molecule has 4 aliphatic heterocycles. The average Bonchev–Trinajstić information content (AvgIpc) is 3.13. The number of benzene rings is 4. The van der Waals surface area contributed by atoms with Gasteiger partial charge in [-0.2, -0.15) is 0 Å². The minimum Gasteiger partial charge on any atom is -0.388 e. The fourth-order valence-corrected chi connectivity index (χ4v) is 8.66. The van der Waals surface area contributed by atoms with Gasteiger partial charge in [-0.25, -0.2) is 0 Å². The van der Waals surface area contributed by atoms with Crippen LogP contribution in [-0.2, 0) is 9.47 Å². The summed E-state index contributed by atoms with van der Waals surface area (Å²) < 4.78 is 12.1. The normalized spacial score (nSPS) is 29.4. The molecule has 9 nitrogen and oxygen atoms in total. The van der Waals surface area contributed by atoms with Gasteiger partial charge in [0, 0.05) is 62.9 Å². The lowest BCUT2D eigenvalue weighted by Crippen LogP contribution is -2.50. The third-order valence-electron chi connectivity index (χ3n) is 11.6. The maximum atomic E-state index is 13.2. The van der Waals surface area contributed by atoms with E-state index in [9.17, 15) is 24.3 Å². The summed E-state index contributed by atoms with van der Waals surface area (Å²) in [7, 11) is 0. The first-order valence-corrected chi connectivity index (χ1v) is 17.3. The molecule has 0 spiro atoms. The molecule has 10 rings (SSSR count). The van der Waals surface area contributed by atoms with E-state index in [1.165, 1.54) is 0 Å². The highest BCUT2D eigenvalue weighted by atomic mass is 16.5. The van der Waals surface area contributed by atoms with Crippen LogP contribution in [0.15, 0.2) is 72.8 Å². The van der Waals surface area contributed by atoms with Crippen LogP contribution in [0.3, 0.4) is 0 Å². The third-order valence-corrected chi connectivity index (χ3v) is 11.6. The molecule has 50 heavy (non-hydrogen) atoms. The smallest absolute Gasteiger partial charge is 0.196 e. The lowest BCUT2D eigenvalue weighted by molar-refractivity contribution is -0.119. The predicted octanol–water partition coefficient (Wildman–Crippen LogP) is 6.21. The summed E-state index contributed by atoms with van der Waals surface area (Å²) in [6, 6.07) is 21.4. The van der Waals surface area contributed by atoms with Crippen LogP contribution in [0.25, 0.3) is 0 Å². The Morgan fingerprint density at radius 2 is 0.960 bits per heavy atom. The second-order valence-electron chi connectivity index (χ2n) is 14.3. The number of nitrogens with one attached hydrogen (secondary N) is 2. The van der Waals surface area contributed by atoms with Gasteiger partial charge in [-0.1, -0.05) is 67.6 Å². The van der Waals surface area contributed by atoms with Crippen molar-refractivity contribution in [2.75, 3.05) is 10.6 Å². The Morgan fingerprint density at radius 3 is 1.46 bits per heavy atom. The zero-order valence-electron chi connectivity index (χ0n) is 27.9. The second-order valence-corrected chi connectivity index (χ2v) is 14.3. The Bertz CT molecular complexity index is 2020. The van der Waals surface area contributed by atoms with Crippen molar-refractivity contribution in [3.8, 4) is 0 Å². The van der Waals surface area contributed by atoms with E-state index in [4.69, 9.17) is 9.47 Å². The van der Waals surface area contributed by atoms with Crippen LogP contribution in [0.4, 0.5) is 11.4 Å². The van der Waals surface area contributed by atoms with Crippen LogP contribution in [0, 0.1) is 5.92 Å². The number of aliphatic hydroxyl groups is 1. The van der Waals surface area contributed by atoms with Crippen molar-refractivity contribution < 1.29 is 33.8 Å². The molecule has 0 amide bonds. The van der Waals surface area contributed by atoms with Crippen LogP contribution in [0.5, 0.6) is 0 Å².